The molecule has 0 saturated carbocycles. The molecule has 1 aromatic heterocycles. The molecule has 9 heteroatoms. The Morgan fingerprint density at radius 2 is 1.77 bits per heavy atom. The van der Waals surface area contributed by atoms with Crippen LogP contribution in [0.4, 0.5) is 13.2 Å². The van der Waals surface area contributed by atoms with Gasteiger partial charge in [-0.1, -0.05) is 30.3 Å². The van der Waals surface area contributed by atoms with Crippen LogP contribution in [-0.2, 0) is 4.79 Å². The van der Waals surface area contributed by atoms with E-state index in [9.17, 15) is 18.0 Å². The molecule has 1 atom stereocenters. The number of nitrogens with zero attached hydrogens (tertiary/aromatic N) is 3. The summed E-state index contributed by atoms with van der Waals surface area (Å²) >= 11 is 0. The van der Waals surface area contributed by atoms with E-state index in [4.69, 9.17) is 9.90 Å². The highest BCUT2D eigenvalue weighted by molar-refractivity contribution is 5.95. The monoisotopic (exact) mass is 365 g/mol. The van der Waals surface area contributed by atoms with Crippen LogP contribution in [0.5, 0.6) is 0 Å². The minimum absolute atomic E-state index is 0.0195. The van der Waals surface area contributed by atoms with Crippen LogP contribution in [0.15, 0.2) is 60.0 Å². The van der Waals surface area contributed by atoms with Crippen LogP contribution in [-0.4, -0.2) is 39.4 Å². The number of carbonyl (C=O) groups is 2. The van der Waals surface area contributed by atoms with E-state index in [0.29, 0.717) is 5.56 Å². The summed E-state index contributed by atoms with van der Waals surface area (Å²) in [6, 6.07) is 13.4. The van der Waals surface area contributed by atoms with Gasteiger partial charge in [-0.15, -0.1) is 0 Å². The maximum Gasteiger partial charge on any atom is 0.490 e. The fourth-order valence-electron chi connectivity index (χ4n) is 2.18. The van der Waals surface area contributed by atoms with Crippen molar-refractivity contribution in [2.24, 2.45) is 5.10 Å². The number of benzene rings is 1. The number of amides is 1. The van der Waals surface area contributed by atoms with Crippen molar-refractivity contribution in [2.75, 3.05) is 0 Å². The minimum Gasteiger partial charge on any atom is -0.475 e. The van der Waals surface area contributed by atoms with Crippen molar-refractivity contribution >= 4 is 18.1 Å². The third kappa shape index (κ3) is 4.88. The molecule has 0 fully saturated rings. The molecule has 1 aliphatic heterocycles. The fourth-order valence-corrected chi connectivity index (χ4v) is 2.18. The Hall–Kier alpha value is -3.23. The number of hydrogen-bond donors (Lipinski definition) is 1. The van der Waals surface area contributed by atoms with Gasteiger partial charge in [0.05, 0.1) is 11.6 Å². The van der Waals surface area contributed by atoms with Gasteiger partial charge in [-0.25, -0.2) is 9.80 Å². The SMILES string of the molecule is O=C(O)C(F)(F)F.O=C(c1cccnc1)N1N=CCC1c1ccccc1. The number of hydrazone groups is 1. The van der Waals surface area contributed by atoms with Crippen LogP contribution in [0.3, 0.4) is 0 Å². The molecule has 6 nitrogen and oxygen atoms in total. The van der Waals surface area contributed by atoms with Crippen LogP contribution in [0.1, 0.15) is 28.4 Å². The van der Waals surface area contributed by atoms with Gasteiger partial charge in [0.25, 0.3) is 5.91 Å². The molecule has 1 unspecified atom stereocenters. The molecule has 136 valence electrons. The second kappa shape index (κ2) is 8.24. The first kappa shape index (κ1) is 19.1. The van der Waals surface area contributed by atoms with Crippen molar-refractivity contribution in [1.29, 1.82) is 0 Å². The zero-order valence-electron chi connectivity index (χ0n) is 13.3. The summed E-state index contributed by atoms with van der Waals surface area (Å²) in [5, 5.41) is 12.9. The Kier molecular flexibility index (Phi) is 6.05. The standard InChI is InChI=1S/C15H13N3O.C2HF3O2/c19-15(13-7-4-9-16-11-13)18-14(8-10-17-18)12-5-2-1-3-6-12;3-2(4,5)1(6)7/h1-7,9-11,14H,8H2;(H,6,7). The van der Waals surface area contributed by atoms with Gasteiger partial charge in [-0.3, -0.25) is 9.78 Å². The number of halogens is 3. The van der Waals surface area contributed by atoms with E-state index in [-0.39, 0.29) is 11.9 Å². The molecule has 1 aromatic carbocycles. The van der Waals surface area contributed by atoms with Crippen molar-refractivity contribution in [1.82, 2.24) is 9.99 Å². The van der Waals surface area contributed by atoms with Crippen molar-refractivity contribution in [2.45, 2.75) is 18.6 Å². The Morgan fingerprint density at radius 1 is 1.12 bits per heavy atom. The van der Waals surface area contributed by atoms with Gasteiger partial charge in [0.1, 0.15) is 0 Å². The second-order valence-corrected chi connectivity index (χ2v) is 5.15. The zero-order valence-corrected chi connectivity index (χ0v) is 13.3. The molecule has 0 bridgehead atoms. The highest BCUT2D eigenvalue weighted by atomic mass is 19.4. The van der Waals surface area contributed by atoms with Gasteiger partial charge in [0.2, 0.25) is 0 Å². The van der Waals surface area contributed by atoms with Crippen LogP contribution < -0.4 is 0 Å². The van der Waals surface area contributed by atoms with Crippen molar-refractivity contribution < 1.29 is 27.9 Å². The third-order valence-corrected chi connectivity index (χ3v) is 3.37. The molecular formula is C17H14F3N3O3. The van der Waals surface area contributed by atoms with Crippen molar-refractivity contribution in [3.8, 4) is 0 Å². The average molecular weight is 365 g/mol. The molecule has 3 rings (SSSR count). The summed E-state index contributed by atoms with van der Waals surface area (Å²) in [5.41, 5.74) is 1.65. The van der Waals surface area contributed by atoms with Crippen LogP contribution in [0, 0.1) is 0 Å². The number of aromatic nitrogens is 1. The molecule has 1 amide bonds. The van der Waals surface area contributed by atoms with Crippen molar-refractivity contribution in [3.05, 3.63) is 66.0 Å². The number of pyridine rings is 1. The first-order valence-electron chi connectivity index (χ1n) is 7.42. The molecule has 1 aliphatic rings. The predicted molar refractivity (Wildman–Crippen MR) is 86.4 cm³/mol. The number of carboxylic acids is 1. The quantitative estimate of drug-likeness (QED) is 0.885. The molecule has 2 heterocycles. The van der Waals surface area contributed by atoms with Gasteiger partial charge < -0.3 is 5.11 Å². The molecule has 1 N–H and O–H groups in total. The summed E-state index contributed by atoms with van der Waals surface area (Å²) in [7, 11) is 0. The van der Waals surface area contributed by atoms with E-state index < -0.39 is 12.1 Å². The van der Waals surface area contributed by atoms with Crippen LogP contribution in [0.2, 0.25) is 0 Å². The number of hydrogen-bond acceptors (Lipinski definition) is 4. The third-order valence-electron chi connectivity index (χ3n) is 3.37. The molecule has 2 aromatic rings. The second-order valence-electron chi connectivity index (χ2n) is 5.15. The number of aliphatic carboxylic acids is 1. The highest BCUT2D eigenvalue weighted by Crippen LogP contribution is 2.29. The molecule has 0 aliphatic carbocycles. The molecule has 26 heavy (non-hydrogen) atoms. The minimum atomic E-state index is -5.08. The summed E-state index contributed by atoms with van der Waals surface area (Å²) in [6.07, 6.45) is 0.666. The lowest BCUT2D eigenvalue weighted by molar-refractivity contribution is -0.192. The predicted octanol–water partition coefficient (Wildman–Crippen LogP) is 3.29. The van der Waals surface area contributed by atoms with Crippen molar-refractivity contribution in [3.63, 3.8) is 0 Å². The average Bonchev–Trinajstić information content (AvgIpc) is 3.12. The summed E-state index contributed by atoms with van der Waals surface area (Å²) < 4.78 is 31.7. The van der Waals surface area contributed by atoms with Gasteiger partial charge in [-0.2, -0.15) is 18.3 Å². The maximum atomic E-state index is 12.4. The number of alkyl halides is 3. The lowest BCUT2D eigenvalue weighted by Gasteiger charge is -2.22. The van der Waals surface area contributed by atoms with E-state index in [1.807, 2.05) is 30.3 Å². The lowest BCUT2D eigenvalue weighted by Crippen LogP contribution is -2.27. The van der Waals surface area contributed by atoms with Gasteiger partial charge in [0.15, 0.2) is 0 Å². The first-order valence-corrected chi connectivity index (χ1v) is 7.42. The Labute approximate surface area is 146 Å². The Morgan fingerprint density at radius 3 is 2.31 bits per heavy atom. The topological polar surface area (TPSA) is 82.9 Å². The van der Waals surface area contributed by atoms with E-state index in [1.54, 1.807) is 30.7 Å². The summed E-state index contributed by atoms with van der Waals surface area (Å²) in [4.78, 5) is 25.3. The lowest BCUT2D eigenvalue weighted by atomic mass is 10.0. The van der Waals surface area contributed by atoms with E-state index in [2.05, 4.69) is 10.1 Å². The smallest absolute Gasteiger partial charge is 0.475 e. The van der Waals surface area contributed by atoms with Crippen LogP contribution >= 0.6 is 0 Å². The fraction of sp³-hybridized carbons (Fsp3) is 0.176. The molecular weight excluding hydrogens is 351 g/mol. The number of carbonyl (C=O) groups excluding carboxylic acids is 1. The summed E-state index contributed by atoms with van der Waals surface area (Å²) in [6.45, 7) is 0. The molecule has 0 radical (unpaired) electrons. The highest BCUT2D eigenvalue weighted by Gasteiger charge is 2.38. The Balaban J connectivity index is 0.000000298. The van der Waals surface area contributed by atoms with E-state index in [1.165, 1.54) is 5.01 Å². The normalized spacial score (nSPS) is 16.0. The Bertz CT molecular complexity index is 780. The maximum absolute atomic E-state index is 12.4. The van der Waals surface area contributed by atoms with E-state index >= 15 is 0 Å². The largest absolute Gasteiger partial charge is 0.490 e. The van der Waals surface area contributed by atoms with Gasteiger partial charge >= 0.3 is 12.1 Å². The van der Waals surface area contributed by atoms with Gasteiger partial charge in [0, 0.05) is 25.0 Å². The zero-order chi connectivity index (χ0) is 19.2. The molecule has 0 spiro atoms. The number of carboxylic acid groups (broad SMARTS) is 1. The molecule has 0 saturated heterocycles. The number of rotatable bonds is 2. The van der Waals surface area contributed by atoms with Crippen LogP contribution in [0.25, 0.3) is 0 Å². The first-order chi connectivity index (χ1) is 12.3. The van der Waals surface area contributed by atoms with Gasteiger partial charge in [-0.05, 0) is 17.7 Å². The van der Waals surface area contributed by atoms with E-state index in [0.717, 1.165) is 12.0 Å². The summed E-state index contributed by atoms with van der Waals surface area (Å²) in [5.74, 6) is -2.87.